The van der Waals surface area contributed by atoms with Crippen LogP contribution >= 0.6 is 11.6 Å². The van der Waals surface area contributed by atoms with Crippen LogP contribution in [0.2, 0.25) is 5.02 Å². The van der Waals surface area contributed by atoms with Crippen LogP contribution in [0.4, 0.5) is 0 Å². The molecule has 0 fully saturated rings. The Morgan fingerprint density at radius 1 is 1.29 bits per heavy atom. The molecule has 0 saturated heterocycles. The molecule has 2 aromatic heterocycles. The van der Waals surface area contributed by atoms with Gasteiger partial charge >= 0.3 is 0 Å². The van der Waals surface area contributed by atoms with E-state index in [0.29, 0.717) is 23.6 Å². The zero-order valence-electron chi connectivity index (χ0n) is 11.3. The summed E-state index contributed by atoms with van der Waals surface area (Å²) in [7, 11) is 0. The largest absolute Gasteiger partial charge is 0.330 e. The molecule has 5 nitrogen and oxygen atoms in total. The van der Waals surface area contributed by atoms with Gasteiger partial charge in [-0.25, -0.2) is 9.50 Å². The van der Waals surface area contributed by atoms with Gasteiger partial charge in [0.1, 0.15) is 0 Å². The summed E-state index contributed by atoms with van der Waals surface area (Å²) in [5, 5.41) is 3.70. The van der Waals surface area contributed by atoms with Gasteiger partial charge in [0, 0.05) is 28.4 Å². The highest BCUT2D eigenvalue weighted by Gasteiger charge is 2.08. The third kappa shape index (κ3) is 2.84. The van der Waals surface area contributed by atoms with E-state index in [4.69, 9.17) is 17.3 Å². The lowest BCUT2D eigenvalue weighted by molar-refractivity contribution is 0.796. The fourth-order valence-electron chi connectivity index (χ4n) is 2.26. The summed E-state index contributed by atoms with van der Waals surface area (Å²) in [5.74, 6) is 0. The normalized spacial score (nSPS) is 11.1. The zero-order chi connectivity index (χ0) is 14.8. The number of fused-ring (bicyclic) bond motifs is 1. The van der Waals surface area contributed by atoms with Gasteiger partial charge in [-0.2, -0.15) is 0 Å². The zero-order valence-corrected chi connectivity index (χ0v) is 12.1. The minimum Gasteiger partial charge on any atom is -0.330 e. The number of nitrogens with zero attached hydrogens (tertiary/aromatic N) is 2. The Kier molecular flexibility index (Phi) is 3.77. The summed E-state index contributed by atoms with van der Waals surface area (Å²) in [4.78, 5) is 16.6. The van der Waals surface area contributed by atoms with Crippen LogP contribution < -0.4 is 11.3 Å². The second kappa shape index (κ2) is 5.71. The molecule has 0 bridgehead atoms. The first-order valence-electron chi connectivity index (χ1n) is 6.75. The number of rotatable bonds is 4. The van der Waals surface area contributed by atoms with Crippen molar-refractivity contribution in [2.75, 3.05) is 6.54 Å². The number of hydrogen-bond donors (Lipinski definition) is 2. The average molecular weight is 303 g/mol. The number of aromatic amines is 1. The molecule has 0 saturated carbocycles. The van der Waals surface area contributed by atoms with Gasteiger partial charge in [0.05, 0.1) is 5.69 Å². The Morgan fingerprint density at radius 2 is 2.14 bits per heavy atom. The molecule has 0 amide bonds. The van der Waals surface area contributed by atoms with Gasteiger partial charge in [-0.15, -0.1) is 0 Å². The maximum atomic E-state index is 12.1. The van der Waals surface area contributed by atoms with Gasteiger partial charge < -0.3 is 5.73 Å². The van der Waals surface area contributed by atoms with Gasteiger partial charge in [0.2, 0.25) is 0 Å². The molecule has 3 N–H and O–H groups in total. The van der Waals surface area contributed by atoms with E-state index in [1.54, 1.807) is 6.07 Å². The lowest BCUT2D eigenvalue weighted by atomic mass is 10.1. The number of halogens is 1. The van der Waals surface area contributed by atoms with E-state index in [-0.39, 0.29) is 5.56 Å². The number of H-pyrrole nitrogens is 1. The predicted octanol–water partition coefficient (Wildman–Crippen LogP) is 2.23. The van der Waals surface area contributed by atoms with Crippen LogP contribution in [-0.2, 0) is 6.42 Å². The Labute approximate surface area is 126 Å². The van der Waals surface area contributed by atoms with Crippen molar-refractivity contribution >= 4 is 17.2 Å². The van der Waals surface area contributed by atoms with E-state index in [0.717, 1.165) is 23.4 Å². The molecule has 108 valence electrons. The van der Waals surface area contributed by atoms with E-state index >= 15 is 0 Å². The Balaban J connectivity index is 2.07. The molecular weight excluding hydrogens is 288 g/mol. The molecule has 3 aromatic rings. The van der Waals surface area contributed by atoms with Crippen LogP contribution in [0.1, 0.15) is 12.1 Å². The Hall–Kier alpha value is -2.11. The molecule has 0 spiro atoms. The molecule has 0 aliphatic rings. The molecule has 0 atom stereocenters. The maximum absolute atomic E-state index is 12.1. The number of hydrogen-bond acceptors (Lipinski definition) is 3. The number of nitrogens with two attached hydrogens (primary N) is 1. The van der Waals surface area contributed by atoms with Crippen LogP contribution in [0, 0.1) is 0 Å². The molecule has 0 unspecified atom stereocenters. The molecular formula is C15H15ClN4O. The summed E-state index contributed by atoms with van der Waals surface area (Å²) in [6.45, 7) is 0.585. The number of nitrogens with one attached hydrogen (secondary N) is 1. The minimum absolute atomic E-state index is 0.125. The topological polar surface area (TPSA) is 76.2 Å². The van der Waals surface area contributed by atoms with Crippen molar-refractivity contribution < 1.29 is 0 Å². The average Bonchev–Trinajstić information content (AvgIpc) is 2.90. The highest BCUT2D eigenvalue weighted by Crippen LogP contribution is 2.21. The van der Waals surface area contributed by atoms with Crippen molar-refractivity contribution in [3.05, 3.63) is 57.5 Å². The van der Waals surface area contributed by atoms with Crippen molar-refractivity contribution in [1.29, 1.82) is 0 Å². The van der Waals surface area contributed by atoms with E-state index in [9.17, 15) is 4.79 Å². The first-order valence-corrected chi connectivity index (χ1v) is 7.13. The third-order valence-corrected chi connectivity index (χ3v) is 3.51. The summed E-state index contributed by atoms with van der Waals surface area (Å²) < 4.78 is 1.43. The van der Waals surface area contributed by atoms with E-state index in [1.165, 1.54) is 4.52 Å². The predicted molar refractivity (Wildman–Crippen MR) is 83.6 cm³/mol. The van der Waals surface area contributed by atoms with E-state index < -0.39 is 0 Å². The highest BCUT2D eigenvalue weighted by atomic mass is 35.5. The Morgan fingerprint density at radius 3 is 2.90 bits per heavy atom. The number of aromatic nitrogens is 3. The minimum atomic E-state index is -0.125. The smallest absolute Gasteiger partial charge is 0.272 e. The molecule has 3 rings (SSSR count). The summed E-state index contributed by atoms with van der Waals surface area (Å²) in [6.07, 6.45) is 1.52. The summed E-state index contributed by atoms with van der Waals surface area (Å²) >= 11 is 6.00. The molecule has 2 heterocycles. The highest BCUT2D eigenvalue weighted by molar-refractivity contribution is 6.30. The van der Waals surface area contributed by atoms with Crippen molar-refractivity contribution in [3.8, 4) is 11.3 Å². The van der Waals surface area contributed by atoms with Crippen LogP contribution in [0.15, 0.2) is 41.2 Å². The fourth-order valence-corrected chi connectivity index (χ4v) is 2.45. The van der Waals surface area contributed by atoms with Gasteiger partial charge in [-0.05, 0) is 31.5 Å². The molecule has 6 heteroatoms. The third-order valence-electron chi connectivity index (χ3n) is 3.28. The quantitative estimate of drug-likeness (QED) is 0.776. The van der Waals surface area contributed by atoms with Crippen LogP contribution in [-0.4, -0.2) is 21.1 Å². The van der Waals surface area contributed by atoms with Gasteiger partial charge in [-0.3, -0.25) is 9.89 Å². The van der Waals surface area contributed by atoms with Crippen molar-refractivity contribution in [2.24, 2.45) is 5.73 Å². The van der Waals surface area contributed by atoms with Crippen LogP contribution in [0.25, 0.3) is 16.9 Å². The molecule has 0 aliphatic carbocycles. The molecule has 1 aromatic carbocycles. The second-order valence-corrected chi connectivity index (χ2v) is 5.29. The van der Waals surface area contributed by atoms with Crippen molar-refractivity contribution in [3.63, 3.8) is 0 Å². The monoisotopic (exact) mass is 302 g/mol. The number of aryl methyl sites for hydroxylation is 1. The van der Waals surface area contributed by atoms with E-state index in [1.807, 2.05) is 30.3 Å². The maximum Gasteiger partial charge on any atom is 0.272 e. The molecule has 0 radical (unpaired) electrons. The first-order chi connectivity index (χ1) is 10.2. The lowest BCUT2D eigenvalue weighted by Gasteiger charge is -1.99. The van der Waals surface area contributed by atoms with Crippen molar-refractivity contribution in [1.82, 2.24) is 14.6 Å². The SMILES string of the molecule is NCCCc1cc(=O)n2[nH]c(-c3cccc(Cl)c3)cc2n1. The van der Waals surface area contributed by atoms with Crippen LogP contribution in [0.3, 0.4) is 0 Å². The fraction of sp³-hybridized carbons (Fsp3) is 0.200. The van der Waals surface area contributed by atoms with Gasteiger partial charge in [0.25, 0.3) is 5.56 Å². The second-order valence-electron chi connectivity index (χ2n) is 4.85. The molecule has 21 heavy (non-hydrogen) atoms. The summed E-state index contributed by atoms with van der Waals surface area (Å²) in [5.41, 5.74) is 8.45. The number of benzene rings is 1. The first kappa shape index (κ1) is 13.9. The van der Waals surface area contributed by atoms with Gasteiger partial charge in [0.15, 0.2) is 5.65 Å². The van der Waals surface area contributed by atoms with Crippen LogP contribution in [0.5, 0.6) is 0 Å². The standard InChI is InChI=1S/C15H15ClN4O/c16-11-4-1-3-10(7-11)13-9-14-18-12(5-2-6-17)8-15(21)20(14)19-13/h1,3-4,7-9,19H,2,5-6,17H2. The van der Waals surface area contributed by atoms with E-state index in [2.05, 4.69) is 10.1 Å². The Bertz CT molecular complexity index is 837. The summed E-state index contributed by atoms with van der Waals surface area (Å²) in [6, 6.07) is 10.8. The van der Waals surface area contributed by atoms with Gasteiger partial charge in [-0.1, -0.05) is 23.7 Å². The van der Waals surface area contributed by atoms with Crippen molar-refractivity contribution in [2.45, 2.75) is 12.8 Å². The lowest BCUT2D eigenvalue weighted by Crippen LogP contribution is -2.16. The molecule has 0 aliphatic heterocycles.